The Labute approximate surface area is 150 Å². The Kier molecular flexibility index (Phi) is 5.65. The van der Waals surface area contributed by atoms with Crippen molar-refractivity contribution in [3.05, 3.63) is 36.3 Å². The van der Waals surface area contributed by atoms with Crippen molar-refractivity contribution in [1.29, 1.82) is 0 Å². The van der Waals surface area contributed by atoms with Crippen LogP contribution in [0.4, 0.5) is 13.2 Å². The molecule has 9 heteroatoms. The molecule has 6 nitrogen and oxygen atoms in total. The third kappa shape index (κ3) is 5.10. The first-order chi connectivity index (χ1) is 12.4. The fourth-order valence-electron chi connectivity index (χ4n) is 3.15. The summed E-state index contributed by atoms with van der Waals surface area (Å²) >= 11 is 0. The minimum absolute atomic E-state index is 0.0289. The predicted molar refractivity (Wildman–Crippen MR) is 94.3 cm³/mol. The van der Waals surface area contributed by atoms with Crippen molar-refractivity contribution >= 4 is 11.6 Å². The van der Waals surface area contributed by atoms with Gasteiger partial charge in [0.15, 0.2) is 5.96 Å². The van der Waals surface area contributed by atoms with Crippen molar-refractivity contribution in [3.63, 3.8) is 0 Å². The van der Waals surface area contributed by atoms with Crippen LogP contribution >= 0.6 is 0 Å². The molecule has 0 spiro atoms. The highest BCUT2D eigenvalue weighted by molar-refractivity contribution is 5.80. The highest BCUT2D eigenvalue weighted by Crippen LogP contribution is 2.19. The van der Waals surface area contributed by atoms with E-state index in [-0.39, 0.29) is 6.04 Å². The number of hydrogen-bond acceptors (Lipinski definition) is 3. The standard InChI is InChI=1S/C17H23F3N6/c1-21-16(24-14-6-9-25(10-14)12-17(18,19)20)22-7-5-13-11-26-8-3-2-4-15(26)23-13/h2-4,8,11,14H,5-7,9-10,12H2,1H3,(H2,21,22,24). The molecule has 3 heterocycles. The second kappa shape index (κ2) is 7.94. The Morgan fingerprint density at radius 2 is 2.23 bits per heavy atom. The summed E-state index contributed by atoms with van der Waals surface area (Å²) in [6, 6.07) is 5.81. The van der Waals surface area contributed by atoms with E-state index >= 15 is 0 Å². The van der Waals surface area contributed by atoms with Gasteiger partial charge in [-0.3, -0.25) is 9.89 Å². The van der Waals surface area contributed by atoms with Crippen LogP contribution in [0.3, 0.4) is 0 Å². The zero-order valence-electron chi connectivity index (χ0n) is 14.6. The maximum Gasteiger partial charge on any atom is 0.401 e. The van der Waals surface area contributed by atoms with Crippen molar-refractivity contribution in [3.8, 4) is 0 Å². The molecule has 1 aliphatic heterocycles. The Morgan fingerprint density at radius 3 is 2.96 bits per heavy atom. The van der Waals surface area contributed by atoms with E-state index in [9.17, 15) is 13.2 Å². The molecule has 1 unspecified atom stereocenters. The second-order valence-electron chi connectivity index (χ2n) is 6.43. The van der Waals surface area contributed by atoms with Crippen LogP contribution in [0.15, 0.2) is 35.6 Å². The highest BCUT2D eigenvalue weighted by Gasteiger charge is 2.34. The summed E-state index contributed by atoms with van der Waals surface area (Å²) in [5, 5.41) is 6.40. The first kappa shape index (κ1) is 18.5. The van der Waals surface area contributed by atoms with E-state index in [0.717, 1.165) is 17.8 Å². The van der Waals surface area contributed by atoms with E-state index in [1.807, 2.05) is 35.0 Å². The van der Waals surface area contributed by atoms with Gasteiger partial charge in [-0.15, -0.1) is 0 Å². The normalized spacial score (nSPS) is 19.2. The number of aliphatic imine (C=N–C) groups is 1. The Hall–Kier alpha value is -2.29. The van der Waals surface area contributed by atoms with Gasteiger partial charge in [0.2, 0.25) is 0 Å². The first-order valence-electron chi connectivity index (χ1n) is 8.62. The SMILES string of the molecule is CN=C(NCCc1cn2ccccc2n1)NC1CCN(CC(F)(F)F)C1. The first-order valence-corrected chi connectivity index (χ1v) is 8.62. The Morgan fingerprint density at radius 1 is 1.38 bits per heavy atom. The highest BCUT2D eigenvalue weighted by atomic mass is 19.4. The summed E-state index contributed by atoms with van der Waals surface area (Å²) in [7, 11) is 1.66. The summed E-state index contributed by atoms with van der Waals surface area (Å²) < 4.78 is 39.4. The molecule has 0 radical (unpaired) electrons. The average Bonchev–Trinajstić information content (AvgIpc) is 3.18. The van der Waals surface area contributed by atoms with Gasteiger partial charge in [0.1, 0.15) is 5.65 Å². The molecule has 2 aromatic rings. The molecule has 142 valence electrons. The summed E-state index contributed by atoms with van der Waals surface area (Å²) in [4.78, 5) is 10.1. The lowest BCUT2D eigenvalue weighted by atomic mass is 10.3. The van der Waals surface area contributed by atoms with Gasteiger partial charge in [0, 0.05) is 51.5 Å². The van der Waals surface area contributed by atoms with Gasteiger partial charge in [0.25, 0.3) is 0 Å². The number of fused-ring (bicyclic) bond motifs is 1. The van der Waals surface area contributed by atoms with Crippen LogP contribution in [0.1, 0.15) is 12.1 Å². The van der Waals surface area contributed by atoms with Crippen molar-refractivity contribution in [2.24, 2.45) is 4.99 Å². The number of halogens is 3. The molecular weight excluding hydrogens is 345 g/mol. The van der Waals surface area contributed by atoms with E-state index in [4.69, 9.17) is 0 Å². The number of aromatic nitrogens is 2. The minimum Gasteiger partial charge on any atom is -0.356 e. The fraction of sp³-hybridized carbons (Fsp3) is 0.529. The van der Waals surface area contributed by atoms with Gasteiger partial charge in [-0.1, -0.05) is 6.07 Å². The third-order valence-corrected chi connectivity index (χ3v) is 4.33. The Balaban J connectivity index is 1.43. The van der Waals surface area contributed by atoms with Crippen molar-refractivity contribution in [2.75, 3.05) is 33.2 Å². The molecule has 0 aliphatic carbocycles. The summed E-state index contributed by atoms with van der Waals surface area (Å²) in [6.07, 6.45) is 1.19. The van der Waals surface area contributed by atoms with Crippen molar-refractivity contribution in [2.45, 2.75) is 25.1 Å². The maximum atomic E-state index is 12.5. The van der Waals surface area contributed by atoms with Crippen molar-refractivity contribution in [1.82, 2.24) is 24.9 Å². The quantitative estimate of drug-likeness (QED) is 0.623. The molecule has 0 saturated carbocycles. The maximum absolute atomic E-state index is 12.5. The third-order valence-electron chi connectivity index (χ3n) is 4.33. The van der Waals surface area contributed by atoms with Gasteiger partial charge in [-0.25, -0.2) is 4.98 Å². The van der Waals surface area contributed by atoms with Crippen LogP contribution in [0.5, 0.6) is 0 Å². The summed E-state index contributed by atoms with van der Waals surface area (Å²) in [5.41, 5.74) is 1.87. The van der Waals surface area contributed by atoms with Gasteiger partial charge < -0.3 is 15.0 Å². The molecule has 0 aromatic carbocycles. The monoisotopic (exact) mass is 368 g/mol. The van der Waals surface area contributed by atoms with E-state index in [1.165, 1.54) is 4.90 Å². The molecule has 2 aromatic heterocycles. The molecule has 1 atom stereocenters. The van der Waals surface area contributed by atoms with Crippen LogP contribution in [-0.4, -0.2) is 65.7 Å². The van der Waals surface area contributed by atoms with Crippen LogP contribution < -0.4 is 10.6 Å². The topological polar surface area (TPSA) is 57.0 Å². The van der Waals surface area contributed by atoms with Gasteiger partial charge in [-0.05, 0) is 18.6 Å². The summed E-state index contributed by atoms with van der Waals surface area (Å²) in [5.74, 6) is 0.604. The van der Waals surface area contributed by atoms with Crippen molar-refractivity contribution < 1.29 is 13.2 Å². The van der Waals surface area contributed by atoms with Crippen LogP contribution in [-0.2, 0) is 6.42 Å². The van der Waals surface area contributed by atoms with E-state index in [0.29, 0.717) is 32.0 Å². The number of imidazole rings is 1. The number of likely N-dealkylation sites (tertiary alicyclic amines) is 1. The lowest BCUT2D eigenvalue weighted by Gasteiger charge is -2.19. The van der Waals surface area contributed by atoms with E-state index in [1.54, 1.807) is 7.05 Å². The number of nitrogens with zero attached hydrogens (tertiary/aromatic N) is 4. The zero-order valence-corrected chi connectivity index (χ0v) is 14.6. The number of alkyl halides is 3. The molecule has 26 heavy (non-hydrogen) atoms. The lowest BCUT2D eigenvalue weighted by molar-refractivity contribution is -0.143. The van der Waals surface area contributed by atoms with E-state index in [2.05, 4.69) is 20.6 Å². The molecule has 3 rings (SSSR count). The lowest BCUT2D eigenvalue weighted by Crippen LogP contribution is -2.45. The zero-order chi connectivity index (χ0) is 18.6. The fourth-order valence-corrected chi connectivity index (χ4v) is 3.15. The molecule has 1 saturated heterocycles. The smallest absolute Gasteiger partial charge is 0.356 e. The van der Waals surface area contributed by atoms with Crippen LogP contribution in [0, 0.1) is 0 Å². The molecule has 1 fully saturated rings. The van der Waals surface area contributed by atoms with E-state index < -0.39 is 12.7 Å². The number of nitrogens with one attached hydrogen (secondary N) is 2. The molecular formula is C17H23F3N6. The molecule has 1 aliphatic rings. The van der Waals surface area contributed by atoms with Gasteiger partial charge in [-0.2, -0.15) is 13.2 Å². The van der Waals surface area contributed by atoms with Gasteiger partial charge in [0.05, 0.1) is 12.2 Å². The van der Waals surface area contributed by atoms with Gasteiger partial charge >= 0.3 is 6.18 Å². The molecule has 0 bridgehead atoms. The molecule has 2 N–H and O–H groups in total. The number of guanidine groups is 1. The predicted octanol–water partition coefficient (Wildman–Crippen LogP) is 1.68. The van der Waals surface area contributed by atoms with Crippen LogP contribution in [0.25, 0.3) is 5.65 Å². The number of hydrogen-bond donors (Lipinski definition) is 2. The number of pyridine rings is 1. The Bertz CT molecular complexity index is 721. The summed E-state index contributed by atoms with van der Waals surface area (Å²) in [6.45, 7) is 0.593. The van der Waals surface area contributed by atoms with Crippen LogP contribution in [0.2, 0.25) is 0 Å². The molecule has 0 amide bonds. The largest absolute Gasteiger partial charge is 0.401 e. The minimum atomic E-state index is -4.15. The number of rotatable bonds is 5. The second-order valence-corrected chi connectivity index (χ2v) is 6.43. The average molecular weight is 368 g/mol.